The Morgan fingerprint density at radius 3 is 2.90 bits per heavy atom. The molecule has 0 fully saturated rings. The molecule has 2 rings (SSSR count). The fraction of sp³-hybridized carbons (Fsp3) is 0.333. The van der Waals surface area contributed by atoms with Gasteiger partial charge in [-0.05, 0) is 17.2 Å². The van der Waals surface area contributed by atoms with Crippen LogP contribution >= 0.6 is 34.4 Å². The molecule has 8 heteroatoms. The number of aromatic nitrogens is 2. The molecule has 2 aromatic heterocycles. The highest BCUT2D eigenvalue weighted by Gasteiger charge is 2.12. The maximum absolute atomic E-state index is 11.8. The minimum absolute atomic E-state index is 0.00496. The van der Waals surface area contributed by atoms with Crippen LogP contribution in [0.4, 0.5) is 5.13 Å². The zero-order chi connectivity index (χ0) is 14.4. The van der Waals surface area contributed by atoms with Gasteiger partial charge in [-0.2, -0.15) is 0 Å². The summed E-state index contributed by atoms with van der Waals surface area (Å²) in [7, 11) is 0. The van der Waals surface area contributed by atoms with E-state index in [0.717, 1.165) is 10.1 Å². The Balaban J connectivity index is 1.78. The molecule has 2 aromatic rings. The Bertz CT molecular complexity index is 581. The van der Waals surface area contributed by atoms with Crippen LogP contribution in [0.15, 0.2) is 21.9 Å². The number of carbonyl (C=O) groups is 2. The minimum Gasteiger partial charge on any atom is -0.300 e. The quantitative estimate of drug-likeness (QED) is 0.480. The molecule has 1 amide bonds. The average molecular weight is 327 g/mol. The summed E-state index contributed by atoms with van der Waals surface area (Å²) in [6.07, 6.45) is 0.369. The molecule has 1 N–H and O–H groups in total. The highest BCUT2D eigenvalue weighted by molar-refractivity contribution is 8.01. The largest absolute Gasteiger partial charge is 0.300 e. The molecule has 0 aliphatic heterocycles. The molecule has 106 valence electrons. The molecular weight excluding hydrogens is 314 g/mol. The highest BCUT2D eigenvalue weighted by atomic mass is 32.2. The summed E-state index contributed by atoms with van der Waals surface area (Å²) in [5, 5.41) is 12.8. The third kappa shape index (κ3) is 4.39. The molecular formula is C12H13N3O2S3. The van der Waals surface area contributed by atoms with Crippen molar-refractivity contribution in [2.45, 2.75) is 24.1 Å². The normalized spacial score (nSPS) is 10.4. The van der Waals surface area contributed by atoms with E-state index in [-0.39, 0.29) is 24.5 Å². The van der Waals surface area contributed by atoms with Gasteiger partial charge < -0.3 is 5.32 Å². The van der Waals surface area contributed by atoms with Crippen molar-refractivity contribution in [2.75, 3.05) is 11.1 Å². The zero-order valence-electron chi connectivity index (χ0n) is 10.8. The van der Waals surface area contributed by atoms with Gasteiger partial charge in [0.2, 0.25) is 11.0 Å². The number of hydrogen-bond acceptors (Lipinski definition) is 7. The van der Waals surface area contributed by atoms with Gasteiger partial charge in [0.05, 0.1) is 4.88 Å². The molecule has 0 radical (unpaired) electrons. The number of thiophene rings is 1. The maximum Gasteiger partial charge on any atom is 0.226 e. The van der Waals surface area contributed by atoms with Crippen LogP contribution in [-0.2, 0) is 4.79 Å². The lowest BCUT2D eigenvalue weighted by molar-refractivity contribution is -0.116. The van der Waals surface area contributed by atoms with Gasteiger partial charge in [-0.1, -0.05) is 36.1 Å². The second-order valence-electron chi connectivity index (χ2n) is 3.75. The first kappa shape index (κ1) is 15.1. The van der Waals surface area contributed by atoms with Crippen LogP contribution in [0.3, 0.4) is 0 Å². The van der Waals surface area contributed by atoms with Gasteiger partial charge in [0.15, 0.2) is 10.1 Å². The third-order valence-corrected chi connectivity index (χ3v) is 5.06. The lowest BCUT2D eigenvalue weighted by Crippen LogP contribution is -2.13. The molecule has 5 nitrogen and oxygen atoms in total. The van der Waals surface area contributed by atoms with Gasteiger partial charge in [-0.15, -0.1) is 21.5 Å². The van der Waals surface area contributed by atoms with Gasteiger partial charge in [-0.3, -0.25) is 9.59 Å². The number of amides is 1. The third-order valence-electron chi connectivity index (χ3n) is 2.30. The Labute approximate surface area is 128 Å². The number of thioether (sulfide) groups is 1. The Morgan fingerprint density at radius 2 is 2.20 bits per heavy atom. The van der Waals surface area contributed by atoms with Crippen molar-refractivity contribution in [3.05, 3.63) is 22.4 Å². The molecule has 0 aliphatic carbocycles. The number of hydrogen-bond donors (Lipinski definition) is 1. The number of Topliss-reactive ketones (excluding diaryl/α,β-unsaturated/α-hetero) is 1. The number of nitrogens with one attached hydrogen (secondary N) is 1. The van der Waals surface area contributed by atoms with Crippen molar-refractivity contribution in [3.8, 4) is 0 Å². The van der Waals surface area contributed by atoms with Crippen molar-refractivity contribution in [2.24, 2.45) is 0 Å². The van der Waals surface area contributed by atoms with Gasteiger partial charge in [0.1, 0.15) is 0 Å². The molecule has 0 saturated heterocycles. The number of nitrogens with zero attached hydrogens (tertiary/aromatic N) is 2. The summed E-state index contributed by atoms with van der Waals surface area (Å²) in [6, 6.07) is 3.59. The maximum atomic E-state index is 11.8. The van der Waals surface area contributed by atoms with Gasteiger partial charge in [-0.25, -0.2) is 0 Å². The van der Waals surface area contributed by atoms with E-state index in [0.29, 0.717) is 10.0 Å². The number of rotatable bonds is 7. The van der Waals surface area contributed by atoms with E-state index in [1.165, 1.54) is 22.7 Å². The molecule has 2 heterocycles. The zero-order valence-corrected chi connectivity index (χ0v) is 13.2. The first-order valence-corrected chi connectivity index (χ1v) is 8.70. The molecule has 20 heavy (non-hydrogen) atoms. The standard InChI is InChI=1S/C12H13N3O2S3/c1-2-18-12-15-14-11(20-12)13-10(17)6-5-8(16)9-4-3-7-19-9/h3-4,7H,2,5-6H2,1H3,(H,13,14,17). The molecule has 0 spiro atoms. The lowest BCUT2D eigenvalue weighted by atomic mass is 10.2. The Morgan fingerprint density at radius 1 is 1.35 bits per heavy atom. The first-order chi connectivity index (χ1) is 9.69. The van der Waals surface area contributed by atoms with E-state index in [9.17, 15) is 9.59 Å². The van der Waals surface area contributed by atoms with Gasteiger partial charge in [0.25, 0.3) is 0 Å². The highest BCUT2D eigenvalue weighted by Crippen LogP contribution is 2.25. The summed E-state index contributed by atoms with van der Waals surface area (Å²) in [6.45, 7) is 2.03. The molecule has 0 aliphatic rings. The summed E-state index contributed by atoms with van der Waals surface area (Å²) in [5.41, 5.74) is 0. The topological polar surface area (TPSA) is 72.0 Å². The molecule has 0 saturated carbocycles. The van der Waals surface area contributed by atoms with Crippen LogP contribution < -0.4 is 5.32 Å². The van der Waals surface area contributed by atoms with Crippen molar-refractivity contribution in [1.82, 2.24) is 10.2 Å². The molecule has 0 bridgehead atoms. The van der Waals surface area contributed by atoms with Crippen LogP contribution in [0, 0.1) is 0 Å². The Hall–Kier alpha value is -1.25. The smallest absolute Gasteiger partial charge is 0.226 e. The van der Waals surface area contributed by atoms with Crippen LogP contribution in [0.1, 0.15) is 29.4 Å². The van der Waals surface area contributed by atoms with Gasteiger partial charge in [0, 0.05) is 12.8 Å². The van der Waals surface area contributed by atoms with Crippen LogP contribution in [0.5, 0.6) is 0 Å². The van der Waals surface area contributed by atoms with E-state index >= 15 is 0 Å². The van der Waals surface area contributed by atoms with E-state index in [2.05, 4.69) is 15.5 Å². The van der Waals surface area contributed by atoms with Crippen molar-refractivity contribution < 1.29 is 9.59 Å². The fourth-order valence-corrected chi connectivity index (χ4v) is 3.77. The summed E-state index contributed by atoms with van der Waals surface area (Å²) in [4.78, 5) is 24.2. The van der Waals surface area contributed by atoms with E-state index < -0.39 is 0 Å². The number of anilines is 1. The Kier molecular flexibility index (Phi) is 5.69. The lowest BCUT2D eigenvalue weighted by Gasteiger charge is -1.99. The van der Waals surface area contributed by atoms with Crippen LogP contribution in [0.25, 0.3) is 0 Å². The predicted octanol–water partition coefficient (Wildman–Crippen LogP) is 3.31. The summed E-state index contributed by atoms with van der Waals surface area (Å²) < 4.78 is 0.831. The number of ketones is 1. The van der Waals surface area contributed by atoms with E-state index in [1.54, 1.807) is 17.8 Å². The second kappa shape index (κ2) is 7.51. The first-order valence-electron chi connectivity index (χ1n) is 6.02. The van der Waals surface area contributed by atoms with Crippen molar-refractivity contribution in [3.63, 3.8) is 0 Å². The van der Waals surface area contributed by atoms with E-state index in [1.807, 2.05) is 18.4 Å². The molecule has 0 unspecified atom stereocenters. The number of carbonyl (C=O) groups excluding carboxylic acids is 2. The molecule has 0 atom stereocenters. The van der Waals surface area contributed by atoms with E-state index in [4.69, 9.17) is 0 Å². The second-order valence-corrected chi connectivity index (χ2v) is 7.19. The summed E-state index contributed by atoms with van der Waals surface area (Å²) >= 11 is 4.32. The average Bonchev–Trinajstić information content (AvgIpc) is 3.08. The SMILES string of the molecule is CCSc1nnc(NC(=O)CCC(=O)c2cccs2)s1. The molecule has 0 aromatic carbocycles. The fourth-order valence-electron chi connectivity index (χ4n) is 1.41. The summed E-state index contributed by atoms with van der Waals surface area (Å²) in [5.74, 6) is 0.700. The monoisotopic (exact) mass is 327 g/mol. The van der Waals surface area contributed by atoms with Crippen LogP contribution in [-0.4, -0.2) is 27.6 Å². The minimum atomic E-state index is -0.209. The van der Waals surface area contributed by atoms with Gasteiger partial charge >= 0.3 is 0 Å². The van der Waals surface area contributed by atoms with Crippen molar-refractivity contribution in [1.29, 1.82) is 0 Å². The van der Waals surface area contributed by atoms with Crippen LogP contribution in [0.2, 0.25) is 0 Å². The predicted molar refractivity (Wildman–Crippen MR) is 82.8 cm³/mol. The van der Waals surface area contributed by atoms with Crippen molar-refractivity contribution >= 4 is 51.3 Å².